The molecule has 1 aliphatic rings. The first-order valence-electron chi connectivity index (χ1n) is 12.3. The standard InChI is InChI=1S/C28H28N2O8S/c1-18-8-14-21(15-9-18)39(36,37)30-16-4-6-24(30)26(31)29-23(28(34)35)17-19-10-12-20(13-11-19)38-25-7-3-2-5-22(25)27(32)33/h2-3,5,7-15,23-24H,4,6,16-17H2,1H3,(H,29,31)(H,32,33)(H,34,35)/t23-,24-/m0/s1. The minimum atomic E-state index is -3.93. The SMILES string of the molecule is Cc1ccc(S(=O)(=O)N2CCC[C@H]2C(=O)N[C@@H](Cc2ccc(Oc3ccccc3C(=O)O)cc2)C(=O)O)cc1. The zero-order valence-corrected chi connectivity index (χ0v) is 21.9. The van der Waals surface area contributed by atoms with Crippen LogP contribution in [0.3, 0.4) is 0 Å². The maximum absolute atomic E-state index is 13.2. The molecule has 1 aliphatic heterocycles. The van der Waals surface area contributed by atoms with Crippen LogP contribution in [0.1, 0.15) is 34.3 Å². The summed E-state index contributed by atoms with van der Waals surface area (Å²) in [7, 11) is -3.93. The quantitative estimate of drug-likeness (QED) is 0.346. The lowest BCUT2D eigenvalue weighted by Gasteiger charge is -2.25. The number of amides is 1. The molecule has 0 bridgehead atoms. The summed E-state index contributed by atoms with van der Waals surface area (Å²) in [5.74, 6) is -2.54. The van der Waals surface area contributed by atoms with Crippen LogP contribution in [0.2, 0.25) is 0 Å². The number of sulfonamides is 1. The van der Waals surface area contributed by atoms with Gasteiger partial charge in [-0.15, -0.1) is 0 Å². The van der Waals surface area contributed by atoms with E-state index in [2.05, 4.69) is 5.32 Å². The lowest BCUT2D eigenvalue weighted by Crippen LogP contribution is -2.51. The third-order valence-electron chi connectivity index (χ3n) is 6.46. The maximum atomic E-state index is 13.2. The normalized spacial score (nSPS) is 16.4. The van der Waals surface area contributed by atoms with Crippen molar-refractivity contribution < 1.29 is 37.8 Å². The summed E-state index contributed by atoms with van der Waals surface area (Å²) in [6.45, 7) is 2.01. The average Bonchev–Trinajstić information content (AvgIpc) is 3.41. The molecule has 11 heteroatoms. The Hall–Kier alpha value is -4.22. The molecule has 1 heterocycles. The molecule has 1 fully saturated rings. The second kappa shape index (κ2) is 11.7. The van der Waals surface area contributed by atoms with E-state index in [0.717, 1.165) is 9.87 Å². The van der Waals surface area contributed by atoms with Gasteiger partial charge in [0.1, 0.15) is 29.1 Å². The van der Waals surface area contributed by atoms with E-state index >= 15 is 0 Å². The lowest BCUT2D eigenvalue weighted by molar-refractivity contribution is -0.142. The highest BCUT2D eigenvalue weighted by atomic mass is 32.2. The molecule has 204 valence electrons. The Morgan fingerprint density at radius 3 is 2.31 bits per heavy atom. The third kappa shape index (κ3) is 6.44. The number of aryl methyl sites for hydroxylation is 1. The van der Waals surface area contributed by atoms with Crippen LogP contribution in [0.25, 0.3) is 0 Å². The van der Waals surface area contributed by atoms with E-state index in [9.17, 15) is 33.0 Å². The highest BCUT2D eigenvalue weighted by Crippen LogP contribution is 2.28. The number of hydrogen-bond acceptors (Lipinski definition) is 6. The number of nitrogens with one attached hydrogen (secondary N) is 1. The Labute approximate surface area is 225 Å². The van der Waals surface area contributed by atoms with Crippen LogP contribution >= 0.6 is 0 Å². The van der Waals surface area contributed by atoms with Gasteiger partial charge in [0.05, 0.1) is 4.90 Å². The summed E-state index contributed by atoms with van der Waals surface area (Å²) in [5, 5.41) is 21.6. The fourth-order valence-corrected chi connectivity index (χ4v) is 6.05. The highest BCUT2D eigenvalue weighted by Gasteiger charge is 2.40. The van der Waals surface area contributed by atoms with Crippen molar-refractivity contribution in [2.24, 2.45) is 0 Å². The van der Waals surface area contributed by atoms with Gasteiger partial charge in [0.25, 0.3) is 0 Å². The largest absolute Gasteiger partial charge is 0.480 e. The van der Waals surface area contributed by atoms with Gasteiger partial charge in [-0.1, -0.05) is 42.0 Å². The Morgan fingerprint density at radius 1 is 1.00 bits per heavy atom. The first-order valence-corrected chi connectivity index (χ1v) is 13.7. The summed E-state index contributed by atoms with van der Waals surface area (Å²) in [6, 6.07) is 16.6. The second-order valence-corrected chi connectivity index (χ2v) is 11.1. The molecule has 3 aromatic carbocycles. The number of hydrogen-bond donors (Lipinski definition) is 3. The van der Waals surface area contributed by atoms with Crippen LogP contribution in [0.15, 0.2) is 77.7 Å². The van der Waals surface area contributed by atoms with Gasteiger partial charge >= 0.3 is 11.9 Å². The van der Waals surface area contributed by atoms with Gasteiger partial charge in [-0.05, 0) is 61.7 Å². The predicted octanol–water partition coefficient (Wildman–Crippen LogP) is 3.45. The first-order chi connectivity index (χ1) is 18.6. The van der Waals surface area contributed by atoms with E-state index in [1.807, 2.05) is 6.92 Å². The molecule has 0 saturated carbocycles. The van der Waals surface area contributed by atoms with Crippen LogP contribution < -0.4 is 10.1 Å². The molecule has 1 amide bonds. The minimum absolute atomic E-state index is 0.000536. The zero-order valence-electron chi connectivity index (χ0n) is 21.1. The van der Waals surface area contributed by atoms with Gasteiger partial charge in [-0.3, -0.25) is 4.79 Å². The van der Waals surface area contributed by atoms with Crippen LogP contribution in [-0.4, -0.2) is 59.4 Å². The highest BCUT2D eigenvalue weighted by molar-refractivity contribution is 7.89. The monoisotopic (exact) mass is 552 g/mol. The van der Waals surface area contributed by atoms with E-state index in [1.165, 1.54) is 24.3 Å². The molecular weight excluding hydrogens is 524 g/mol. The number of rotatable bonds is 10. The number of para-hydroxylation sites is 1. The number of nitrogens with zero attached hydrogens (tertiary/aromatic N) is 1. The van der Waals surface area contributed by atoms with E-state index in [4.69, 9.17) is 4.74 Å². The number of benzene rings is 3. The second-order valence-electron chi connectivity index (χ2n) is 9.24. The predicted molar refractivity (Wildman–Crippen MR) is 141 cm³/mol. The van der Waals surface area contributed by atoms with Gasteiger partial charge < -0.3 is 20.3 Å². The molecule has 39 heavy (non-hydrogen) atoms. The molecular formula is C28H28N2O8S. The van der Waals surface area contributed by atoms with Crippen molar-refractivity contribution in [3.8, 4) is 11.5 Å². The molecule has 0 aliphatic carbocycles. The molecule has 0 unspecified atom stereocenters. The van der Waals surface area contributed by atoms with E-state index < -0.39 is 40.0 Å². The van der Waals surface area contributed by atoms with Crippen LogP contribution in [0.4, 0.5) is 0 Å². The number of carboxylic acids is 2. The molecule has 2 atom stereocenters. The number of aliphatic carboxylic acids is 1. The topological polar surface area (TPSA) is 150 Å². The number of carboxylic acid groups (broad SMARTS) is 2. The summed E-state index contributed by atoms with van der Waals surface area (Å²) in [5.41, 5.74) is 1.48. The van der Waals surface area contributed by atoms with Crippen LogP contribution in [0.5, 0.6) is 11.5 Å². The zero-order chi connectivity index (χ0) is 28.2. The minimum Gasteiger partial charge on any atom is -0.480 e. The Bertz CT molecular complexity index is 1470. The van der Waals surface area contributed by atoms with Gasteiger partial charge in [-0.2, -0.15) is 4.31 Å². The molecule has 0 aromatic heterocycles. The molecule has 1 saturated heterocycles. The van der Waals surface area contributed by atoms with Crippen molar-refractivity contribution in [2.75, 3.05) is 6.54 Å². The molecule has 0 radical (unpaired) electrons. The van der Waals surface area contributed by atoms with E-state index in [0.29, 0.717) is 17.7 Å². The molecule has 4 rings (SSSR count). The third-order valence-corrected chi connectivity index (χ3v) is 8.38. The lowest BCUT2D eigenvalue weighted by atomic mass is 10.0. The molecule has 3 N–H and O–H groups in total. The van der Waals surface area contributed by atoms with E-state index in [1.54, 1.807) is 48.5 Å². The maximum Gasteiger partial charge on any atom is 0.339 e. The Balaban J connectivity index is 1.44. The fourth-order valence-electron chi connectivity index (χ4n) is 4.39. The van der Waals surface area contributed by atoms with Crippen molar-refractivity contribution >= 4 is 27.9 Å². The summed E-state index contributed by atoms with van der Waals surface area (Å²) < 4.78 is 33.2. The van der Waals surface area contributed by atoms with Crippen molar-refractivity contribution in [1.29, 1.82) is 0 Å². The smallest absolute Gasteiger partial charge is 0.339 e. The fraction of sp³-hybridized carbons (Fsp3) is 0.250. The summed E-state index contributed by atoms with van der Waals surface area (Å²) in [4.78, 5) is 36.5. The van der Waals surface area contributed by atoms with Crippen molar-refractivity contribution in [2.45, 2.75) is 43.2 Å². The van der Waals surface area contributed by atoms with Crippen molar-refractivity contribution in [3.05, 3.63) is 89.5 Å². The Morgan fingerprint density at radius 2 is 1.67 bits per heavy atom. The average molecular weight is 553 g/mol. The summed E-state index contributed by atoms with van der Waals surface area (Å²) in [6.07, 6.45) is 0.713. The number of carbonyl (C=O) groups excluding carboxylic acids is 1. The number of ether oxygens (including phenoxy) is 1. The first kappa shape index (κ1) is 27.8. The molecule has 3 aromatic rings. The summed E-state index contributed by atoms with van der Waals surface area (Å²) >= 11 is 0. The number of aromatic carboxylic acids is 1. The van der Waals surface area contributed by atoms with Crippen molar-refractivity contribution in [3.63, 3.8) is 0 Å². The van der Waals surface area contributed by atoms with Crippen molar-refractivity contribution in [1.82, 2.24) is 9.62 Å². The molecule has 10 nitrogen and oxygen atoms in total. The van der Waals surface area contributed by atoms with Gasteiger partial charge in [0.15, 0.2) is 0 Å². The van der Waals surface area contributed by atoms with Gasteiger partial charge in [-0.25, -0.2) is 18.0 Å². The van der Waals surface area contributed by atoms with Crippen LogP contribution in [-0.2, 0) is 26.0 Å². The van der Waals surface area contributed by atoms with Gasteiger partial charge in [0.2, 0.25) is 15.9 Å². The molecule has 0 spiro atoms. The van der Waals surface area contributed by atoms with Crippen LogP contribution in [0, 0.1) is 6.92 Å². The van der Waals surface area contributed by atoms with E-state index in [-0.39, 0.29) is 35.6 Å². The van der Waals surface area contributed by atoms with Gasteiger partial charge in [0, 0.05) is 13.0 Å². The number of carbonyl (C=O) groups is 3. The Kier molecular flexibility index (Phi) is 8.32.